The molecule has 34 heavy (non-hydrogen) atoms. The number of amides is 1. The summed E-state index contributed by atoms with van der Waals surface area (Å²) >= 11 is 0. The number of benzene rings is 1. The molecule has 182 valence electrons. The Kier molecular flexibility index (Phi) is 5.31. The predicted octanol–water partition coefficient (Wildman–Crippen LogP) is 2.62. The number of nitrogens with zero attached hydrogens (tertiary/aromatic N) is 2. The Balaban J connectivity index is 1.63. The van der Waals surface area contributed by atoms with E-state index in [0.29, 0.717) is 0 Å². The molecule has 0 unspecified atom stereocenters. The van der Waals surface area contributed by atoms with Crippen molar-refractivity contribution in [2.75, 3.05) is 17.7 Å². The maximum Gasteiger partial charge on any atom is 0.433 e. The molecule has 0 fully saturated rings. The molecule has 1 aromatic carbocycles. The van der Waals surface area contributed by atoms with Crippen LogP contribution in [0, 0.1) is 5.82 Å². The Morgan fingerprint density at radius 3 is 2.56 bits per heavy atom. The summed E-state index contributed by atoms with van der Waals surface area (Å²) in [4.78, 5) is 20.8. The fourth-order valence-corrected chi connectivity index (χ4v) is 5.27. The number of sulfone groups is 1. The quantitative estimate of drug-likeness (QED) is 0.665. The summed E-state index contributed by atoms with van der Waals surface area (Å²) in [6, 6.07) is 4.73. The number of rotatable bonds is 3. The van der Waals surface area contributed by atoms with Gasteiger partial charge < -0.3 is 20.5 Å². The fraction of sp³-hybridized carbons (Fsp3) is 0.381. The van der Waals surface area contributed by atoms with Crippen LogP contribution in [-0.2, 0) is 15.4 Å². The van der Waals surface area contributed by atoms with Gasteiger partial charge in [0.05, 0.1) is 11.9 Å². The number of alkyl halides is 2. The first-order chi connectivity index (χ1) is 15.6. The van der Waals surface area contributed by atoms with Gasteiger partial charge in [-0.15, -0.1) is 0 Å². The number of hydrogen-bond acceptors (Lipinski definition) is 8. The van der Waals surface area contributed by atoms with Crippen molar-refractivity contribution in [3.63, 3.8) is 0 Å². The fourth-order valence-electron chi connectivity index (χ4n) is 3.58. The Morgan fingerprint density at radius 1 is 1.18 bits per heavy atom. The second-order valence-electron chi connectivity index (χ2n) is 8.73. The van der Waals surface area contributed by atoms with Gasteiger partial charge in [0.15, 0.2) is 27.9 Å². The number of fused-ring (bicyclic) bond motifs is 1. The first-order valence-electron chi connectivity index (χ1n) is 10.0. The molecule has 1 aromatic heterocycles. The number of nitrogens with one attached hydrogen (secondary N) is 1. The molecule has 9 nitrogen and oxygen atoms in total. The molecule has 0 saturated carbocycles. The lowest BCUT2D eigenvalue weighted by molar-refractivity contribution is -0.209. The maximum atomic E-state index is 14.8. The Labute approximate surface area is 193 Å². The summed E-state index contributed by atoms with van der Waals surface area (Å²) in [5.41, 5.74) is 4.27. The zero-order valence-electron chi connectivity index (χ0n) is 18.4. The highest BCUT2D eigenvalue weighted by Crippen LogP contribution is 2.39. The minimum absolute atomic E-state index is 0.0790. The number of halogens is 3. The molecule has 2 aliphatic heterocycles. The van der Waals surface area contributed by atoms with Crippen molar-refractivity contribution in [3.05, 3.63) is 47.5 Å². The van der Waals surface area contributed by atoms with Crippen LogP contribution < -0.4 is 20.5 Å². The second kappa shape index (κ2) is 7.58. The van der Waals surface area contributed by atoms with E-state index in [0.717, 1.165) is 18.3 Å². The number of anilines is 1. The third-order valence-electron chi connectivity index (χ3n) is 5.76. The minimum Gasteiger partial charge on any atom is -0.479 e. The van der Waals surface area contributed by atoms with Crippen LogP contribution in [0.1, 0.15) is 36.8 Å². The van der Waals surface area contributed by atoms with Crippen molar-refractivity contribution in [1.29, 1.82) is 0 Å². The van der Waals surface area contributed by atoms with Gasteiger partial charge >= 0.3 is 6.11 Å². The maximum absolute atomic E-state index is 14.8. The van der Waals surface area contributed by atoms with Crippen LogP contribution in [0.5, 0.6) is 11.5 Å². The molecule has 0 aliphatic carbocycles. The van der Waals surface area contributed by atoms with Crippen LogP contribution in [0.4, 0.5) is 18.9 Å². The van der Waals surface area contributed by atoms with E-state index in [1.807, 2.05) is 0 Å². The number of hydrogen-bond donors (Lipinski definition) is 2. The van der Waals surface area contributed by atoms with Crippen LogP contribution in [0.2, 0.25) is 0 Å². The molecule has 4 rings (SSSR count). The van der Waals surface area contributed by atoms with E-state index >= 15 is 0 Å². The van der Waals surface area contributed by atoms with Crippen LogP contribution in [-0.4, -0.2) is 48.4 Å². The Morgan fingerprint density at radius 2 is 1.88 bits per heavy atom. The number of carbonyl (C=O) groups excluding carboxylic acids is 1. The molecule has 13 heteroatoms. The van der Waals surface area contributed by atoms with Crippen molar-refractivity contribution in [2.45, 2.75) is 37.2 Å². The first kappa shape index (κ1) is 23.8. The van der Waals surface area contributed by atoms with Crippen molar-refractivity contribution >= 4 is 27.3 Å². The molecule has 3 N–H and O–H groups in total. The van der Waals surface area contributed by atoms with Crippen LogP contribution in [0.15, 0.2) is 35.5 Å². The molecule has 0 spiro atoms. The highest BCUT2D eigenvalue weighted by Gasteiger charge is 2.49. The van der Waals surface area contributed by atoms with Gasteiger partial charge in [0.1, 0.15) is 27.6 Å². The zero-order valence-corrected chi connectivity index (χ0v) is 19.2. The number of nitrogens with two attached hydrogens (primary N) is 1. The molecule has 1 amide bonds. The summed E-state index contributed by atoms with van der Waals surface area (Å²) < 4.78 is 74.8. The number of ether oxygens (including phenoxy) is 2. The van der Waals surface area contributed by atoms with Gasteiger partial charge in [-0.1, -0.05) is 0 Å². The lowest BCUT2D eigenvalue weighted by atomic mass is 9.92. The average molecular weight is 498 g/mol. The van der Waals surface area contributed by atoms with E-state index in [1.165, 1.54) is 32.9 Å². The summed E-state index contributed by atoms with van der Waals surface area (Å²) in [6.07, 6.45) is -2.58. The zero-order chi connectivity index (χ0) is 25.1. The van der Waals surface area contributed by atoms with E-state index < -0.39 is 50.3 Å². The molecular formula is C21H21F3N4O5S. The van der Waals surface area contributed by atoms with E-state index in [2.05, 4.69) is 20.0 Å². The third kappa shape index (κ3) is 4.04. The molecule has 3 heterocycles. The molecule has 2 aliphatic rings. The summed E-state index contributed by atoms with van der Waals surface area (Å²) in [6.45, 7) is 3.27. The molecule has 2 aromatic rings. The average Bonchev–Trinajstić information content (AvgIpc) is 2.72. The van der Waals surface area contributed by atoms with Gasteiger partial charge in [-0.05, 0) is 39.0 Å². The van der Waals surface area contributed by atoms with Crippen LogP contribution in [0.25, 0.3) is 0 Å². The van der Waals surface area contributed by atoms with Crippen LogP contribution in [0.3, 0.4) is 0 Å². The van der Waals surface area contributed by atoms with Gasteiger partial charge in [-0.25, -0.2) is 17.8 Å². The summed E-state index contributed by atoms with van der Waals surface area (Å²) in [7, 11) is -3.78. The van der Waals surface area contributed by atoms with Crippen molar-refractivity contribution in [2.24, 2.45) is 10.7 Å². The van der Waals surface area contributed by atoms with Crippen LogP contribution >= 0.6 is 0 Å². The number of amidine groups is 1. The first-order valence-corrected chi connectivity index (χ1v) is 11.7. The van der Waals surface area contributed by atoms with E-state index in [1.54, 1.807) is 0 Å². The van der Waals surface area contributed by atoms with Gasteiger partial charge in [-0.2, -0.15) is 8.78 Å². The number of carbonyl (C=O) groups is 1. The predicted molar refractivity (Wildman–Crippen MR) is 117 cm³/mol. The van der Waals surface area contributed by atoms with Crippen molar-refractivity contribution < 1.29 is 35.9 Å². The monoisotopic (exact) mass is 498 g/mol. The largest absolute Gasteiger partial charge is 0.479 e. The Bertz CT molecular complexity index is 1330. The SMILES string of the molecule is CC1(C)C(N)=N[C@](C)(c2cc(NC(=O)c3cc4c(cn3)OC(F)(F)CO4)ccc2F)CS1(=O)=O. The van der Waals surface area contributed by atoms with Crippen molar-refractivity contribution in [3.8, 4) is 11.5 Å². The van der Waals surface area contributed by atoms with E-state index in [-0.39, 0.29) is 34.3 Å². The van der Waals surface area contributed by atoms with Gasteiger partial charge in [0.25, 0.3) is 5.91 Å². The normalized spacial score (nSPS) is 24.1. The standard InChI is InChI=1S/C21H21F3N4O5S/c1-19(2)18(25)28-20(3,10-34(19,30)31)12-6-11(4-5-13(12)22)27-17(29)14-7-15-16(8-26-14)33-21(23,24)9-32-15/h4-8H,9-10H2,1-3H3,(H2,25,28)(H,27,29)/t20-/m0/s1. The highest BCUT2D eigenvalue weighted by atomic mass is 32.2. The van der Waals surface area contributed by atoms with E-state index in [4.69, 9.17) is 10.5 Å². The third-order valence-corrected chi connectivity index (χ3v) is 8.46. The molecular weight excluding hydrogens is 477 g/mol. The lowest BCUT2D eigenvalue weighted by Crippen LogP contribution is -2.55. The van der Waals surface area contributed by atoms with Gasteiger partial charge in [-0.3, -0.25) is 9.79 Å². The number of aromatic nitrogens is 1. The van der Waals surface area contributed by atoms with Gasteiger partial charge in [0.2, 0.25) is 0 Å². The lowest BCUT2D eigenvalue weighted by Gasteiger charge is -2.38. The van der Waals surface area contributed by atoms with E-state index in [9.17, 15) is 26.4 Å². The highest BCUT2D eigenvalue weighted by molar-refractivity contribution is 7.93. The topological polar surface area (TPSA) is 133 Å². The molecule has 1 atom stereocenters. The van der Waals surface area contributed by atoms with Gasteiger partial charge in [0, 0.05) is 17.3 Å². The minimum atomic E-state index is -3.78. The second-order valence-corrected chi connectivity index (χ2v) is 11.3. The number of aliphatic imine (C=N–C) groups is 1. The van der Waals surface area contributed by atoms with Crippen molar-refractivity contribution in [1.82, 2.24) is 4.98 Å². The molecule has 0 bridgehead atoms. The summed E-state index contributed by atoms with van der Waals surface area (Å²) in [5.74, 6) is -2.52. The Hall–Kier alpha value is -3.35. The molecule has 0 saturated heterocycles. The number of pyridine rings is 1. The summed E-state index contributed by atoms with van der Waals surface area (Å²) in [5, 5.41) is 2.51. The molecule has 0 radical (unpaired) electrons. The smallest absolute Gasteiger partial charge is 0.433 e.